The lowest BCUT2D eigenvalue weighted by molar-refractivity contribution is -0.140. The van der Waals surface area contributed by atoms with Gasteiger partial charge in [0, 0.05) is 19.5 Å². The van der Waals surface area contributed by atoms with Crippen LogP contribution in [0.1, 0.15) is 38.2 Å². The van der Waals surface area contributed by atoms with Crippen molar-refractivity contribution in [2.45, 2.75) is 39.0 Å². The third-order valence-electron chi connectivity index (χ3n) is 5.52. The van der Waals surface area contributed by atoms with Crippen LogP contribution in [0.25, 0.3) is 11.1 Å². The molecule has 142 valence electrons. The van der Waals surface area contributed by atoms with Gasteiger partial charge in [0.2, 0.25) is 11.8 Å². The van der Waals surface area contributed by atoms with Gasteiger partial charge in [-0.05, 0) is 42.4 Å². The molecule has 2 amide bonds. The normalized spacial score (nSPS) is 19.7. The molecule has 1 aliphatic rings. The summed E-state index contributed by atoms with van der Waals surface area (Å²) >= 11 is 0. The largest absolute Gasteiger partial charge is 0.369 e. The minimum Gasteiger partial charge on any atom is -0.369 e. The number of carbonyl (C=O) groups excluding carboxylic acids is 2. The molecule has 0 bridgehead atoms. The number of nitrogens with two attached hydrogens (primary N) is 1. The Morgan fingerprint density at radius 3 is 2.33 bits per heavy atom. The van der Waals surface area contributed by atoms with Crippen LogP contribution in [0, 0.1) is 5.41 Å². The number of likely N-dealkylation sites (tertiary alicyclic amines) is 1. The standard InChI is InChI=1S/C23H28N2O2/c1-2-7-21(26)25-15-6-14-23(17-25,22(24)27)16-18-10-12-20(13-11-18)19-8-4-3-5-9-19/h3-5,8-13H,2,6-7,14-17H2,1H3,(H2,24,27)/t23-/m0/s1. The van der Waals surface area contributed by atoms with E-state index in [0.717, 1.165) is 36.9 Å². The van der Waals surface area contributed by atoms with Crippen LogP contribution in [0.15, 0.2) is 54.6 Å². The molecule has 27 heavy (non-hydrogen) atoms. The number of amides is 2. The van der Waals surface area contributed by atoms with E-state index in [-0.39, 0.29) is 11.8 Å². The van der Waals surface area contributed by atoms with Crippen molar-refractivity contribution in [2.24, 2.45) is 11.1 Å². The number of carbonyl (C=O) groups is 2. The Labute approximate surface area is 161 Å². The molecule has 1 atom stereocenters. The fourth-order valence-corrected chi connectivity index (χ4v) is 3.99. The Morgan fingerprint density at radius 2 is 1.70 bits per heavy atom. The van der Waals surface area contributed by atoms with E-state index in [1.807, 2.05) is 30.0 Å². The third-order valence-corrected chi connectivity index (χ3v) is 5.52. The Kier molecular flexibility index (Phi) is 5.94. The second kappa shape index (κ2) is 8.38. The molecule has 0 radical (unpaired) electrons. The number of primary amides is 1. The highest BCUT2D eigenvalue weighted by Crippen LogP contribution is 2.34. The van der Waals surface area contributed by atoms with Gasteiger partial charge in [0.1, 0.15) is 0 Å². The highest BCUT2D eigenvalue weighted by molar-refractivity contribution is 5.83. The first kappa shape index (κ1) is 19.2. The van der Waals surface area contributed by atoms with Gasteiger partial charge in [0.25, 0.3) is 0 Å². The van der Waals surface area contributed by atoms with Crippen LogP contribution >= 0.6 is 0 Å². The van der Waals surface area contributed by atoms with Crippen LogP contribution < -0.4 is 5.73 Å². The number of rotatable bonds is 6. The van der Waals surface area contributed by atoms with Crippen LogP contribution in [-0.2, 0) is 16.0 Å². The molecule has 2 aromatic carbocycles. The van der Waals surface area contributed by atoms with Crippen molar-refractivity contribution in [3.05, 3.63) is 60.2 Å². The fourth-order valence-electron chi connectivity index (χ4n) is 3.99. The molecule has 4 nitrogen and oxygen atoms in total. The molecule has 0 saturated carbocycles. The number of piperidine rings is 1. The summed E-state index contributed by atoms with van der Waals surface area (Å²) in [5.41, 5.74) is 8.56. The van der Waals surface area contributed by atoms with Gasteiger partial charge in [-0.2, -0.15) is 0 Å². The number of hydrogen-bond acceptors (Lipinski definition) is 2. The van der Waals surface area contributed by atoms with Crippen LogP contribution in [0.2, 0.25) is 0 Å². The average molecular weight is 364 g/mol. The van der Waals surface area contributed by atoms with Crippen LogP contribution in [0.4, 0.5) is 0 Å². The molecule has 1 fully saturated rings. The highest BCUT2D eigenvalue weighted by Gasteiger charge is 2.41. The van der Waals surface area contributed by atoms with Crippen LogP contribution in [0.5, 0.6) is 0 Å². The van der Waals surface area contributed by atoms with Gasteiger partial charge in [-0.15, -0.1) is 0 Å². The van der Waals surface area contributed by atoms with Crippen molar-refractivity contribution in [2.75, 3.05) is 13.1 Å². The van der Waals surface area contributed by atoms with Gasteiger partial charge in [0.05, 0.1) is 5.41 Å². The van der Waals surface area contributed by atoms with Gasteiger partial charge in [-0.25, -0.2) is 0 Å². The molecule has 2 N–H and O–H groups in total. The molecule has 3 rings (SSSR count). The zero-order valence-corrected chi connectivity index (χ0v) is 16.0. The topological polar surface area (TPSA) is 63.4 Å². The Morgan fingerprint density at radius 1 is 1.04 bits per heavy atom. The second-order valence-electron chi connectivity index (χ2n) is 7.55. The summed E-state index contributed by atoms with van der Waals surface area (Å²) < 4.78 is 0. The Balaban J connectivity index is 1.78. The summed E-state index contributed by atoms with van der Waals surface area (Å²) in [5.74, 6) is -0.175. The van der Waals surface area contributed by atoms with Crippen molar-refractivity contribution in [1.29, 1.82) is 0 Å². The summed E-state index contributed by atoms with van der Waals surface area (Å²) in [6.45, 7) is 3.15. The van der Waals surface area contributed by atoms with Crippen molar-refractivity contribution < 1.29 is 9.59 Å². The first-order valence-corrected chi connectivity index (χ1v) is 9.76. The van der Waals surface area contributed by atoms with Gasteiger partial charge in [0.15, 0.2) is 0 Å². The predicted molar refractivity (Wildman–Crippen MR) is 108 cm³/mol. The summed E-state index contributed by atoms with van der Waals surface area (Å²) in [6, 6.07) is 18.5. The minimum atomic E-state index is -0.671. The molecule has 1 saturated heterocycles. The van der Waals surface area contributed by atoms with E-state index in [4.69, 9.17) is 5.73 Å². The van der Waals surface area contributed by atoms with Crippen LogP contribution in [-0.4, -0.2) is 29.8 Å². The zero-order valence-electron chi connectivity index (χ0n) is 16.0. The third kappa shape index (κ3) is 4.38. The fraction of sp³-hybridized carbons (Fsp3) is 0.391. The van der Waals surface area contributed by atoms with E-state index in [1.54, 1.807) is 0 Å². The van der Waals surface area contributed by atoms with E-state index < -0.39 is 5.41 Å². The smallest absolute Gasteiger partial charge is 0.225 e. The lowest BCUT2D eigenvalue weighted by Crippen LogP contribution is -2.53. The monoisotopic (exact) mass is 364 g/mol. The van der Waals surface area contributed by atoms with E-state index in [2.05, 4.69) is 36.4 Å². The molecule has 0 unspecified atom stereocenters. The highest BCUT2D eigenvalue weighted by atomic mass is 16.2. The van der Waals surface area contributed by atoms with Gasteiger partial charge >= 0.3 is 0 Å². The Hall–Kier alpha value is -2.62. The lowest BCUT2D eigenvalue weighted by atomic mass is 9.74. The molecular weight excluding hydrogens is 336 g/mol. The van der Waals surface area contributed by atoms with Crippen LogP contribution in [0.3, 0.4) is 0 Å². The average Bonchev–Trinajstić information content (AvgIpc) is 2.69. The summed E-state index contributed by atoms with van der Waals surface area (Å²) in [7, 11) is 0. The molecule has 0 aliphatic carbocycles. The summed E-state index contributed by atoms with van der Waals surface area (Å²) in [6.07, 6.45) is 3.48. The molecule has 0 spiro atoms. The first-order valence-electron chi connectivity index (χ1n) is 9.76. The maximum atomic E-state index is 12.4. The van der Waals surface area contributed by atoms with E-state index in [0.29, 0.717) is 19.4 Å². The number of benzene rings is 2. The second-order valence-corrected chi connectivity index (χ2v) is 7.55. The van der Waals surface area contributed by atoms with Gasteiger partial charge in [-0.3, -0.25) is 9.59 Å². The van der Waals surface area contributed by atoms with Gasteiger partial charge < -0.3 is 10.6 Å². The van der Waals surface area contributed by atoms with Crippen molar-refractivity contribution in [3.63, 3.8) is 0 Å². The van der Waals surface area contributed by atoms with Crippen molar-refractivity contribution in [3.8, 4) is 11.1 Å². The maximum Gasteiger partial charge on any atom is 0.225 e. The lowest BCUT2D eigenvalue weighted by Gasteiger charge is -2.41. The van der Waals surface area contributed by atoms with Gasteiger partial charge in [-0.1, -0.05) is 61.5 Å². The van der Waals surface area contributed by atoms with E-state index in [1.165, 1.54) is 5.56 Å². The minimum absolute atomic E-state index is 0.127. The molecule has 2 aromatic rings. The molecule has 4 heteroatoms. The summed E-state index contributed by atoms with van der Waals surface area (Å²) in [4.78, 5) is 26.5. The van der Waals surface area contributed by atoms with Crippen molar-refractivity contribution >= 4 is 11.8 Å². The molecule has 1 aliphatic heterocycles. The number of hydrogen-bond donors (Lipinski definition) is 1. The van der Waals surface area contributed by atoms with E-state index in [9.17, 15) is 9.59 Å². The number of nitrogens with zero attached hydrogens (tertiary/aromatic N) is 1. The first-order chi connectivity index (χ1) is 13.0. The molecule has 0 aromatic heterocycles. The molecular formula is C23H28N2O2. The predicted octanol–water partition coefficient (Wildman–Crippen LogP) is 3.79. The molecule has 1 heterocycles. The Bertz CT molecular complexity index is 786. The zero-order chi connectivity index (χ0) is 19.3. The van der Waals surface area contributed by atoms with E-state index >= 15 is 0 Å². The maximum absolute atomic E-state index is 12.4. The SMILES string of the molecule is CCCC(=O)N1CCC[C@@](Cc2ccc(-c3ccccc3)cc2)(C(N)=O)C1. The quantitative estimate of drug-likeness (QED) is 0.847. The van der Waals surface area contributed by atoms with Crippen molar-refractivity contribution in [1.82, 2.24) is 4.90 Å². The summed E-state index contributed by atoms with van der Waals surface area (Å²) in [5, 5.41) is 0.